The minimum Gasteiger partial charge on any atom is -0.482 e. The molecule has 1 aromatic rings. The Morgan fingerprint density at radius 3 is 2.76 bits per heavy atom. The van der Waals surface area contributed by atoms with Crippen LogP contribution in [0.5, 0.6) is 5.75 Å². The molecule has 2 aliphatic heterocycles. The van der Waals surface area contributed by atoms with E-state index < -0.39 is 12.8 Å². The summed E-state index contributed by atoms with van der Waals surface area (Å²) in [5, 5.41) is 2.71. The third-order valence-electron chi connectivity index (χ3n) is 4.85. The molecule has 3 rings (SSSR count). The third-order valence-corrected chi connectivity index (χ3v) is 4.85. The number of carbonyl (C=O) groups is 1. The number of amides is 2. The van der Waals surface area contributed by atoms with E-state index in [-0.39, 0.29) is 23.5 Å². The average Bonchev–Trinajstić information content (AvgIpc) is 2.96. The number of likely N-dealkylation sites (N-methyl/N-ethyl adjacent to an activating group) is 1. The molecule has 0 radical (unpaired) electrons. The number of piperidine rings is 1. The van der Waals surface area contributed by atoms with Crippen molar-refractivity contribution >= 4 is 11.7 Å². The zero-order valence-corrected chi connectivity index (χ0v) is 14.1. The molecule has 2 saturated heterocycles. The average molecular weight is 357 g/mol. The van der Waals surface area contributed by atoms with Crippen LogP contribution in [0.4, 0.5) is 23.7 Å². The molecule has 25 heavy (non-hydrogen) atoms. The highest BCUT2D eigenvalue weighted by atomic mass is 19.4. The number of hydrogen-bond donors (Lipinski definition) is 1. The molecule has 0 aliphatic carbocycles. The lowest BCUT2D eigenvalue weighted by Crippen LogP contribution is -2.49. The first kappa shape index (κ1) is 17.8. The summed E-state index contributed by atoms with van der Waals surface area (Å²) in [6.45, 7) is 1.13. The van der Waals surface area contributed by atoms with Gasteiger partial charge in [-0.2, -0.15) is 13.2 Å². The van der Waals surface area contributed by atoms with Crippen LogP contribution in [0.2, 0.25) is 0 Å². The maximum atomic E-state index is 12.6. The number of fused-ring (bicyclic) bond motifs is 1. The molecule has 2 aliphatic rings. The van der Waals surface area contributed by atoms with E-state index in [1.807, 2.05) is 7.05 Å². The molecule has 0 bridgehead atoms. The monoisotopic (exact) mass is 357 g/mol. The predicted molar refractivity (Wildman–Crippen MR) is 87.7 cm³/mol. The van der Waals surface area contributed by atoms with Gasteiger partial charge in [0.25, 0.3) is 0 Å². The maximum Gasteiger partial charge on any atom is 0.422 e. The number of urea groups is 1. The number of halogens is 3. The highest BCUT2D eigenvalue weighted by Crippen LogP contribution is 2.32. The largest absolute Gasteiger partial charge is 0.482 e. The SMILES string of the molecule is CN1CC[C@H]2CCN(C(=O)Nc3ccccc3OCC(F)(F)F)[C@H]2C1. The Morgan fingerprint density at radius 2 is 2.00 bits per heavy atom. The van der Waals surface area contributed by atoms with Gasteiger partial charge in [-0.1, -0.05) is 12.1 Å². The molecular weight excluding hydrogens is 335 g/mol. The van der Waals surface area contributed by atoms with Gasteiger partial charge in [0, 0.05) is 19.1 Å². The minimum absolute atomic E-state index is 0.0182. The van der Waals surface area contributed by atoms with E-state index in [9.17, 15) is 18.0 Å². The number of nitrogens with one attached hydrogen (secondary N) is 1. The van der Waals surface area contributed by atoms with E-state index >= 15 is 0 Å². The fraction of sp³-hybridized carbons (Fsp3) is 0.588. The number of benzene rings is 1. The molecule has 0 spiro atoms. The van der Waals surface area contributed by atoms with E-state index in [4.69, 9.17) is 4.74 Å². The predicted octanol–water partition coefficient (Wildman–Crippen LogP) is 3.19. The highest BCUT2D eigenvalue weighted by Gasteiger charge is 2.40. The molecule has 2 amide bonds. The van der Waals surface area contributed by atoms with E-state index in [1.165, 1.54) is 6.07 Å². The van der Waals surface area contributed by atoms with Crippen molar-refractivity contribution in [3.05, 3.63) is 24.3 Å². The first-order valence-electron chi connectivity index (χ1n) is 8.38. The van der Waals surface area contributed by atoms with Gasteiger partial charge in [0.15, 0.2) is 6.61 Å². The number of carbonyl (C=O) groups excluding carboxylic acids is 1. The standard InChI is InChI=1S/C17H22F3N3O2/c1-22-8-6-12-7-9-23(14(12)10-22)16(24)21-13-4-2-3-5-15(13)25-11-17(18,19)20/h2-5,12,14H,6-11H2,1H3,(H,21,24)/t12-,14-/m0/s1. The number of hydrogen-bond acceptors (Lipinski definition) is 3. The lowest BCUT2D eigenvalue weighted by Gasteiger charge is -2.36. The number of anilines is 1. The van der Waals surface area contributed by atoms with Gasteiger partial charge in [0.1, 0.15) is 5.75 Å². The number of ether oxygens (including phenoxy) is 1. The second kappa shape index (κ2) is 7.11. The molecule has 2 atom stereocenters. The van der Waals surface area contributed by atoms with Crippen LogP contribution >= 0.6 is 0 Å². The number of nitrogens with zero attached hydrogens (tertiary/aromatic N) is 2. The molecule has 8 heteroatoms. The van der Waals surface area contributed by atoms with E-state index in [2.05, 4.69) is 10.2 Å². The summed E-state index contributed by atoms with van der Waals surface area (Å²) in [7, 11) is 2.03. The van der Waals surface area contributed by atoms with Crippen LogP contribution in [-0.2, 0) is 0 Å². The zero-order chi connectivity index (χ0) is 18.0. The van der Waals surface area contributed by atoms with Crippen LogP contribution in [0.25, 0.3) is 0 Å². The molecule has 0 saturated carbocycles. The van der Waals surface area contributed by atoms with Gasteiger partial charge in [-0.15, -0.1) is 0 Å². The lowest BCUT2D eigenvalue weighted by molar-refractivity contribution is -0.153. The number of rotatable bonds is 3. The molecule has 0 aromatic heterocycles. The summed E-state index contributed by atoms with van der Waals surface area (Å²) < 4.78 is 42.0. The molecule has 0 unspecified atom stereocenters. The van der Waals surface area contributed by atoms with Crippen LogP contribution in [0, 0.1) is 5.92 Å². The van der Waals surface area contributed by atoms with Crippen molar-refractivity contribution in [1.82, 2.24) is 9.80 Å². The van der Waals surface area contributed by atoms with Gasteiger partial charge in [0.05, 0.1) is 5.69 Å². The Labute approximate surface area is 144 Å². The molecule has 1 N–H and O–H groups in total. The van der Waals surface area contributed by atoms with Crippen molar-refractivity contribution in [1.29, 1.82) is 0 Å². The summed E-state index contributed by atoms with van der Waals surface area (Å²) in [5.74, 6) is 0.517. The summed E-state index contributed by atoms with van der Waals surface area (Å²) >= 11 is 0. The van der Waals surface area contributed by atoms with Gasteiger partial charge < -0.3 is 19.9 Å². The number of alkyl halides is 3. The quantitative estimate of drug-likeness (QED) is 0.904. The van der Waals surface area contributed by atoms with Crippen molar-refractivity contribution in [3.8, 4) is 5.75 Å². The summed E-state index contributed by atoms with van der Waals surface area (Å²) in [5.41, 5.74) is 0.254. The third kappa shape index (κ3) is 4.36. The second-order valence-corrected chi connectivity index (χ2v) is 6.69. The van der Waals surface area contributed by atoms with Crippen molar-refractivity contribution in [2.45, 2.75) is 25.1 Å². The van der Waals surface area contributed by atoms with Crippen LogP contribution < -0.4 is 10.1 Å². The number of likely N-dealkylation sites (tertiary alicyclic amines) is 2. The topological polar surface area (TPSA) is 44.8 Å². The number of para-hydroxylation sites is 2. The van der Waals surface area contributed by atoms with Gasteiger partial charge in [0.2, 0.25) is 0 Å². The molecule has 5 nitrogen and oxygen atoms in total. The van der Waals surface area contributed by atoms with Crippen LogP contribution in [0.1, 0.15) is 12.8 Å². The van der Waals surface area contributed by atoms with Crippen molar-refractivity contribution in [2.75, 3.05) is 38.6 Å². The molecular formula is C17H22F3N3O2. The summed E-state index contributed by atoms with van der Waals surface area (Å²) in [6.07, 6.45) is -2.39. The molecule has 2 fully saturated rings. The van der Waals surface area contributed by atoms with Gasteiger partial charge in [-0.25, -0.2) is 4.79 Å². The maximum absolute atomic E-state index is 12.6. The normalized spacial score (nSPS) is 24.1. The first-order chi connectivity index (χ1) is 11.8. The minimum atomic E-state index is -4.42. The highest BCUT2D eigenvalue weighted by molar-refractivity contribution is 5.91. The summed E-state index contributed by atoms with van der Waals surface area (Å²) in [6, 6.07) is 6.06. The molecule has 138 valence electrons. The Kier molecular flexibility index (Phi) is 5.08. The smallest absolute Gasteiger partial charge is 0.422 e. The Hall–Kier alpha value is -1.96. The van der Waals surface area contributed by atoms with Crippen LogP contribution in [0.15, 0.2) is 24.3 Å². The van der Waals surface area contributed by atoms with E-state index in [0.29, 0.717) is 12.5 Å². The summed E-state index contributed by atoms with van der Waals surface area (Å²) in [4.78, 5) is 16.6. The van der Waals surface area contributed by atoms with E-state index in [1.54, 1.807) is 23.1 Å². The van der Waals surface area contributed by atoms with Crippen LogP contribution in [-0.4, -0.2) is 61.3 Å². The second-order valence-electron chi connectivity index (χ2n) is 6.69. The van der Waals surface area contributed by atoms with E-state index in [0.717, 1.165) is 25.9 Å². The van der Waals surface area contributed by atoms with Gasteiger partial charge in [-0.3, -0.25) is 0 Å². The molecule has 2 heterocycles. The lowest BCUT2D eigenvalue weighted by atomic mass is 9.92. The molecule has 1 aromatic carbocycles. The van der Waals surface area contributed by atoms with Crippen molar-refractivity contribution < 1.29 is 22.7 Å². The fourth-order valence-electron chi connectivity index (χ4n) is 3.59. The fourth-order valence-corrected chi connectivity index (χ4v) is 3.59. The van der Waals surface area contributed by atoms with Gasteiger partial charge in [-0.05, 0) is 44.5 Å². The van der Waals surface area contributed by atoms with Crippen molar-refractivity contribution in [3.63, 3.8) is 0 Å². The zero-order valence-electron chi connectivity index (χ0n) is 14.1. The Balaban J connectivity index is 1.67. The van der Waals surface area contributed by atoms with Gasteiger partial charge >= 0.3 is 12.2 Å². The Morgan fingerprint density at radius 1 is 1.28 bits per heavy atom. The van der Waals surface area contributed by atoms with Crippen LogP contribution in [0.3, 0.4) is 0 Å². The first-order valence-corrected chi connectivity index (χ1v) is 8.38. The Bertz CT molecular complexity index is 623. The van der Waals surface area contributed by atoms with Crippen molar-refractivity contribution in [2.24, 2.45) is 5.92 Å².